The van der Waals surface area contributed by atoms with Gasteiger partial charge in [0.25, 0.3) is 0 Å². The molecule has 7 N–H and O–H groups in total. The molecule has 7 aromatic carbocycles. The zero-order chi connectivity index (χ0) is 53.3. The van der Waals surface area contributed by atoms with Crippen LogP contribution in [0, 0.1) is 0 Å². The van der Waals surface area contributed by atoms with Crippen molar-refractivity contribution in [3.05, 3.63) is 209 Å². The maximum absolute atomic E-state index is 12.4. The SMILES string of the molecule is O=C(O[As](OC(=O)c1ccccc1O)OC(=O)c1ccccc1O)c1ccccc1O.O=C([O-])c1ccccc1O.O=C([O-])c1ccccc1O.O=C([O-])c1ccccc1O.O=C([O][Hg])c1ccccc1O.[Ca+2].[Li+]. The van der Waals surface area contributed by atoms with Crippen LogP contribution in [0.25, 0.3) is 0 Å². The first-order valence-electron chi connectivity index (χ1n) is 19.8. The Balaban J connectivity index is 0.000000522. The molecule has 7 rings (SSSR count). The number of phenols is 7. The van der Waals surface area contributed by atoms with Gasteiger partial charge in [-0.05, 0) is 36.4 Å². The summed E-state index contributed by atoms with van der Waals surface area (Å²) in [6.07, 6.45) is 0. The van der Waals surface area contributed by atoms with Crippen LogP contribution < -0.4 is 34.2 Å². The van der Waals surface area contributed by atoms with E-state index in [2.05, 4.69) is 2.64 Å². The molecule has 0 bridgehead atoms. The smallest absolute Gasteiger partial charge is 1.00 e. The fraction of sp³-hybridized carbons (Fsp3) is 0. The van der Waals surface area contributed by atoms with Gasteiger partial charge < -0.3 is 45.0 Å². The monoisotopic (exact) mass is 1280 g/mol. The predicted octanol–water partition coefficient (Wildman–Crippen LogP) is -0.440. The van der Waals surface area contributed by atoms with Gasteiger partial charge in [-0.3, -0.25) is 0 Å². The van der Waals surface area contributed by atoms with Gasteiger partial charge in [0, 0.05) is 16.7 Å². The molecule has 0 saturated carbocycles. The van der Waals surface area contributed by atoms with E-state index < -0.39 is 57.5 Å². The summed E-state index contributed by atoms with van der Waals surface area (Å²) in [5.74, 6) is -9.77. The molecule has 0 saturated heterocycles. The number of benzene rings is 7. The standard InChI is InChI=1S/C21H15AsO9.4C7H6O3.Ca.Hg.Li/c23-16-10-4-1-7-13(16)19(26)29-22(30-20(27)14-8-2-5-11-17(14)24)31-21(28)15-9-3-6-12-18(15)25;4*8-6-4-2-1-3-5(6)7(9)10;;;/h1-12,23-25H;4*1-4,8H,(H,9,10);;;/q;;;;;+2;2*+1/p-4. The largest absolute Gasteiger partial charge is 2.00 e. The zero-order valence-corrected chi connectivity index (χ0v) is 48.0. The van der Waals surface area contributed by atoms with Crippen molar-refractivity contribution in [1.29, 1.82) is 0 Å². The van der Waals surface area contributed by atoms with Gasteiger partial charge in [0.2, 0.25) is 0 Å². The van der Waals surface area contributed by atoms with E-state index in [1.807, 2.05) is 0 Å². The Hall–Kier alpha value is -7.22. The third-order valence-corrected chi connectivity index (χ3v) is 11.5. The Morgan fingerprint density at radius 3 is 0.635 bits per heavy atom. The van der Waals surface area contributed by atoms with Crippen molar-refractivity contribution in [2.24, 2.45) is 0 Å². The van der Waals surface area contributed by atoms with Gasteiger partial charge >= 0.3 is 318 Å². The Kier molecular flexibility index (Phi) is 29.3. The zero-order valence-electron chi connectivity index (χ0n) is 38.4. The maximum atomic E-state index is 12.4. The fourth-order valence-electron chi connectivity index (χ4n) is 5.01. The number of carboxylic acid groups (broad SMARTS) is 3. The van der Waals surface area contributed by atoms with E-state index in [0.717, 1.165) is 0 Å². The van der Waals surface area contributed by atoms with E-state index in [9.17, 15) is 64.2 Å². The van der Waals surface area contributed by atoms with Gasteiger partial charge in [-0.1, -0.05) is 36.4 Å². The third-order valence-electron chi connectivity index (χ3n) is 8.47. The minimum absolute atomic E-state index is 0. The van der Waals surface area contributed by atoms with Gasteiger partial charge in [-0.25, -0.2) is 0 Å². The molecule has 367 valence electrons. The number of carboxylic acids is 3. The number of hydrogen-bond acceptors (Lipinski definition) is 21. The second-order valence-electron chi connectivity index (χ2n) is 13.3. The molecule has 0 unspecified atom stereocenters. The van der Waals surface area contributed by atoms with Crippen molar-refractivity contribution in [2.75, 3.05) is 0 Å². The Bertz CT molecular complexity index is 2760. The van der Waals surface area contributed by atoms with Crippen LogP contribution in [0.2, 0.25) is 0 Å². The van der Waals surface area contributed by atoms with Gasteiger partial charge in [0.1, 0.15) is 17.2 Å². The normalized spacial score (nSPS) is 9.45. The van der Waals surface area contributed by atoms with Gasteiger partial charge in [-0.2, -0.15) is 0 Å². The van der Waals surface area contributed by atoms with Crippen molar-refractivity contribution in [2.45, 2.75) is 0 Å². The van der Waals surface area contributed by atoms with Crippen LogP contribution >= 0.6 is 0 Å². The maximum Gasteiger partial charge on any atom is 2.00 e. The number of phenolic OH excluding ortho intramolecular Hbond substituents is 4. The summed E-state index contributed by atoms with van der Waals surface area (Å²) in [5.41, 5.74) is -1.01. The summed E-state index contributed by atoms with van der Waals surface area (Å²) in [6, 6.07) is 39.6. The summed E-state index contributed by atoms with van der Waals surface area (Å²) in [5, 5.41) is 95.6. The van der Waals surface area contributed by atoms with E-state index >= 15 is 0 Å². The van der Waals surface area contributed by atoms with E-state index in [1.165, 1.54) is 140 Å². The van der Waals surface area contributed by atoms with Gasteiger partial charge in [0.15, 0.2) is 0 Å². The molecular weight excluding hydrogens is 1250 g/mol. The first-order valence-corrected chi connectivity index (χ1v) is 24.3. The summed E-state index contributed by atoms with van der Waals surface area (Å²) in [7, 11) is 0. The van der Waals surface area contributed by atoms with Crippen LogP contribution in [0.4, 0.5) is 0 Å². The van der Waals surface area contributed by atoms with Crippen LogP contribution in [0.15, 0.2) is 170 Å². The first-order chi connectivity index (χ1) is 34.3. The van der Waals surface area contributed by atoms with Gasteiger partial charge in [0.05, 0.1) is 17.9 Å². The summed E-state index contributed by atoms with van der Waals surface area (Å²) in [4.78, 5) is 78.6. The molecule has 0 fully saturated rings. The number of rotatable bonds is 10. The summed E-state index contributed by atoms with van der Waals surface area (Å²) < 4.78 is 19.8. The Labute approximate surface area is 483 Å². The molecule has 25 heteroatoms. The van der Waals surface area contributed by atoms with Crippen molar-refractivity contribution in [3.63, 3.8) is 0 Å². The molecule has 74 heavy (non-hydrogen) atoms. The number of aromatic carboxylic acids is 3. The average Bonchev–Trinajstić information content (AvgIpc) is 3.35. The van der Waals surface area contributed by atoms with Crippen molar-refractivity contribution < 1.29 is 144 Å². The van der Waals surface area contributed by atoms with Crippen LogP contribution in [0.5, 0.6) is 40.2 Å². The molecule has 0 aliphatic heterocycles. The Morgan fingerprint density at radius 2 is 0.486 bits per heavy atom. The van der Waals surface area contributed by atoms with E-state index in [4.69, 9.17) is 31.6 Å². The molecular formula is C49H35AsCaHgLiO21. The quantitative estimate of drug-likeness (QED) is 0.0854. The van der Waals surface area contributed by atoms with E-state index in [1.54, 1.807) is 30.3 Å². The van der Waals surface area contributed by atoms with Crippen molar-refractivity contribution >= 4 is 95.2 Å². The molecule has 0 amide bonds. The minimum Gasteiger partial charge on any atom is 1.00 e. The fourth-order valence-corrected chi connectivity index (χ4v) is 7.32. The molecule has 0 radical (unpaired) electrons. The topological polar surface area (TPSA) is 367 Å². The average molecular weight is 1280 g/mol. The Morgan fingerprint density at radius 1 is 0.324 bits per heavy atom. The number of hydrogen-bond donors (Lipinski definition) is 7. The second kappa shape index (κ2) is 33.5. The third kappa shape index (κ3) is 21.1. The molecule has 0 aliphatic carbocycles. The summed E-state index contributed by atoms with van der Waals surface area (Å²) >= 11 is -3.97. The van der Waals surface area contributed by atoms with Crippen LogP contribution in [0.3, 0.4) is 0 Å². The first kappa shape index (κ1) is 64.8. The van der Waals surface area contributed by atoms with Crippen molar-refractivity contribution in [3.8, 4) is 40.2 Å². The molecule has 21 nitrogen and oxygen atoms in total. The van der Waals surface area contributed by atoms with Gasteiger partial charge in [-0.15, -0.1) is 0 Å². The number of para-hydroxylation sites is 7. The predicted molar refractivity (Wildman–Crippen MR) is 243 cm³/mol. The molecule has 0 heterocycles. The van der Waals surface area contributed by atoms with Crippen LogP contribution in [0.1, 0.15) is 72.5 Å². The van der Waals surface area contributed by atoms with Crippen LogP contribution in [-0.2, 0) is 40.4 Å². The number of aromatic hydroxyl groups is 7. The van der Waals surface area contributed by atoms with Crippen LogP contribution in [-0.4, -0.2) is 131 Å². The molecule has 0 spiro atoms. The molecule has 0 atom stereocenters. The molecule has 0 aliphatic rings. The number of carbonyl (C=O) groups excluding carboxylic acids is 7. The molecule has 7 aromatic rings. The van der Waals surface area contributed by atoms with E-state index in [0.29, 0.717) is 0 Å². The van der Waals surface area contributed by atoms with Crippen molar-refractivity contribution in [1.82, 2.24) is 0 Å². The summed E-state index contributed by atoms with van der Waals surface area (Å²) in [6.45, 7) is 0. The minimum atomic E-state index is -3.94. The second-order valence-corrected chi connectivity index (χ2v) is 16.5. The molecule has 0 aromatic heterocycles. The van der Waals surface area contributed by atoms with E-state index in [-0.39, 0.29) is 162 Å². The number of carbonyl (C=O) groups is 7.